The molecule has 2 heterocycles. The Balaban J connectivity index is 1.87. The molecule has 0 unspecified atom stereocenters. The summed E-state index contributed by atoms with van der Waals surface area (Å²) in [4.78, 5) is 18.7. The summed E-state index contributed by atoms with van der Waals surface area (Å²) in [6.07, 6.45) is 1.44. The van der Waals surface area contributed by atoms with Gasteiger partial charge in [-0.15, -0.1) is 0 Å². The van der Waals surface area contributed by atoms with Crippen LogP contribution in [0.5, 0.6) is 0 Å². The van der Waals surface area contributed by atoms with Crippen molar-refractivity contribution in [3.05, 3.63) is 41.5 Å². The molecule has 0 saturated carbocycles. The van der Waals surface area contributed by atoms with E-state index in [9.17, 15) is 4.79 Å². The van der Waals surface area contributed by atoms with Gasteiger partial charge in [0, 0.05) is 30.1 Å². The highest BCUT2D eigenvalue weighted by atomic mass is 16.5. The van der Waals surface area contributed by atoms with Crippen molar-refractivity contribution in [1.82, 2.24) is 10.1 Å². The van der Waals surface area contributed by atoms with Crippen LogP contribution in [0.3, 0.4) is 0 Å². The van der Waals surface area contributed by atoms with Gasteiger partial charge < -0.3 is 9.42 Å². The summed E-state index contributed by atoms with van der Waals surface area (Å²) < 4.78 is 5.25. The second kappa shape index (κ2) is 5.68. The fourth-order valence-corrected chi connectivity index (χ4v) is 2.57. The van der Waals surface area contributed by atoms with Crippen LogP contribution in [-0.4, -0.2) is 22.5 Å². The lowest BCUT2D eigenvalue weighted by molar-refractivity contribution is 0.0984. The summed E-state index contributed by atoms with van der Waals surface area (Å²) in [5.74, 6) is 1.76. The fraction of sp³-hybridized carbons (Fsp3) is 0.438. The molecule has 0 radical (unpaired) electrons. The number of benzene rings is 1. The normalized spacial score (nSPS) is 15.2. The molecule has 5 nitrogen and oxygen atoms in total. The van der Waals surface area contributed by atoms with Crippen LogP contribution < -0.4 is 4.90 Å². The molecule has 0 atom stereocenters. The van der Waals surface area contributed by atoms with E-state index in [2.05, 4.69) is 15.0 Å². The minimum atomic E-state index is 0.212. The van der Waals surface area contributed by atoms with Crippen molar-refractivity contribution in [2.45, 2.75) is 39.2 Å². The molecule has 0 aliphatic carbocycles. The molecule has 0 saturated heterocycles. The van der Waals surface area contributed by atoms with Gasteiger partial charge in [-0.2, -0.15) is 4.98 Å². The Morgan fingerprint density at radius 1 is 1.33 bits per heavy atom. The number of Topliss-reactive ketones (excluding diaryl/α,β-unsaturated/α-hetero) is 1. The number of hydrogen-bond donors (Lipinski definition) is 0. The molecule has 21 heavy (non-hydrogen) atoms. The third-order valence-corrected chi connectivity index (χ3v) is 3.69. The molecule has 1 aliphatic heterocycles. The molecule has 0 amide bonds. The molecular formula is C16H19N3O2. The van der Waals surface area contributed by atoms with E-state index < -0.39 is 0 Å². The van der Waals surface area contributed by atoms with Gasteiger partial charge in [-0.05, 0) is 18.6 Å². The van der Waals surface area contributed by atoms with Crippen LogP contribution in [0.2, 0.25) is 0 Å². The average Bonchev–Trinajstić information content (AvgIpc) is 2.89. The second-order valence-corrected chi connectivity index (χ2v) is 5.67. The maximum Gasteiger partial charge on any atom is 0.229 e. The van der Waals surface area contributed by atoms with Gasteiger partial charge in [-0.3, -0.25) is 4.79 Å². The van der Waals surface area contributed by atoms with Crippen LogP contribution >= 0.6 is 0 Å². The third-order valence-electron chi connectivity index (χ3n) is 3.69. The van der Waals surface area contributed by atoms with Crippen LogP contribution in [0.25, 0.3) is 0 Å². The van der Waals surface area contributed by atoms with Gasteiger partial charge in [-0.25, -0.2) is 0 Å². The summed E-state index contributed by atoms with van der Waals surface area (Å²) in [5, 5.41) is 4.04. The highest BCUT2D eigenvalue weighted by Crippen LogP contribution is 2.27. The van der Waals surface area contributed by atoms with Crippen LogP contribution in [0, 0.1) is 0 Å². The number of hydrogen-bond acceptors (Lipinski definition) is 5. The minimum Gasteiger partial charge on any atom is -0.363 e. The summed E-state index contributed by atoms with van der Waals surface area (Å²) in [5.41, 5.74) is 1.76. The lowest BCUT2D eigenvalue weighted by Crippen LogP contribution is -2.24. The summed E-state index contributed by atoms with van der Waals surface area (Å²) in [6.45, 7) is 5.45. The number of rotatable bonds is 3. The average molecular weight is 285 g/mol. The molecule has 0 spiro atoms. The van der Waals surface area contributed by atoms with E-state index in [1.54, 1.807) is 0 Å². The van der Waals surface area contributed by atoms with Crippen LogP contribution in [0.15, 0.2) is 28.8 Å². The topological polar surface area (TPSA) is 59.2 Å². The molecule has 3 rings (SSSR count). The molecule has 1 aromatic carbocycles. The Morgan fingerprint density at radius 3 is 2.90 bits per heavy atom. The minimum absolute atomic E-state index is 0.212. The molecule has 0 fully saturated rings. The van der Waals surface area contributed by atoms with Crippen LogP contribution in [0.1, 0.15) is 54.7 Å². The van der Waals surface area contributed by atoms with E-state index in [1.165, 1.54) is 0 Å². The number of aromatic nitrogens is 2. The first-order chi connectivity index (χ1) is 10.1. The number of fused-ring (bicyclic) bond motifs is 1. The Bertz CT molecular complexity index is 648. The Hall–Kier alpha value is -2.17. The largest absolute Gasteiger partial charge is 0.363 e. The van der Waals surface area contributed by atoms with Crippen molar-refractivity contribution in [2.75, 3.05) is 11.4 Å². The highest BCUT2D eigenvalue weighted by molar-refractivity contribution is 6.01. The lowest BCUT2D eigenvalue weighted by Gasteiger charge is -2.22. The summed E-state index contributed by atoms with van der Waals surface area (Å²) in [6, 6.07) is 7.75. The first kappa shape index (κ1) is 13.8. The van der Waals surface area contributed by atoms with Crippen molar-refractivity contribution in [3.63, 3.8) is 0 Å². The van der Waals surface area contributed by atoms with Crippen molar-refractivity contribution >= 4 is 11.5 Å². The molecule has 0 N–H and O–H groups in total. The van der Waals surface area contributed by atoms with E-state index in [-0.39, 0.29) is 11.7 Å². The van der Waals surface area contributed by atoms with E-state index in [0.717, 1.165) is 24.2 Å². The van der Waals surface area contributed by atoms with E-state index in [4.69, 9.17) is 4.52 Å². The predicted octanol–water partition coefficient (Wildman–Crippen LogP) is 3.18. The molecule has 1 aromatic heterocycles. The van der Waals surface area contributed by atoms with Crippen molar-refractivity contribution < 1.29 is 9.32 Å². The number of carbonyl (C=O) groups is 1. The van der Waals surface area contributed by atoms with Gasteiger partial charge in [0.2, 0.25) is 5.89 Å². The number of para-hydroxylation sites is 1. The SMILES string of the molecule is CC(C)c1nc(CN2CCCC(=O)c3ccccc32)no1. The smallest absolute Gasteiger partial charge is 0.229 e. The number of ketones is 1. The van der Waals surface area contributed by atoms with Gasteiger partial charge in [0.15, 0.2) is 11.6 Å². The Morgan fingerprint density at radius 2 is 2.14 bits per heavy atom. The number of nitrogens with zero attached hydrogens (tertiary/aromatic N) is 3. The quantitative estimate of drug-likeness (QED) is 0.866. The van der Waals surface area contributed by atoms with Crippen molar-refractivity contribution in [2.24, 2.45) is 0 Å². The first-order valence-electron chi connectivity index (χ1n) is 7.35. The lowest BCUT2D eigenvalue weighted by atomic mass is 10.1. The van der Waals surface area contributed by atoms with Crippen molar-refractivity contribution in [1.29, 1.82) is 0 Å². The molecule has 1 aliphatic rings. The molecule has 0 bridgehead atoms. The summed E-state index contributed by atoms with van der Waals surface area (Å²) >= 11 is 0. The number of carbonyl (C=O) groups excluding carboxylic acids is 1. The monoisotopic (exact) mass is 285 g/mol. The highest BCUT2D eigenvalue weighted by Gasteiger charge is 2.22. The van der Waals surface area contributed by atoms with Gasteiger partial charge in [0.05, 0.1) is 6.54 Å². The predicted molar refractivity (Wildman–Crippen MR) is 79.4 cm³/mol. The zero-order valence-electron chi connectivity index (χ0n) is 12.4. The standard InChI is InChI=1S/C16H19N3O2/c1-11(2)16-17-15(18-21-16)10-19-9-5-8-14(20)12-6-3-4-7-13(12)19/h3-4,6-7,11H,5,8-10H2,1-2H3. The maximum absolute atomic E-state index is 12.1. The van der Waals surface area contributed by atoms with Crippen LogP contribution in [0.4, 0.5) is 5.69 Å². The second-order valence-electron chi connectivity index (χ2n) is 5.67. The van der Waals surface area contributed by atoms with Gasteiger partial charge in [0.1, 0.15) is 0 Å². The Kier molecular flexibility index (Phi) is 3.73. The van der Waals surface area contributed by atoms with Gasteiger partial charge in [-0.1, -0.05) is 31.1 Å². The molecule has 2 aromatic rings. The zero-order chi connectivity index (χ0) is 14.8. The zero-order valence-corrected chi connectivity index (χ0v) is 12.4. The van der Waals surface area contributed by atoms with Crippen molar-refractivity contribution in [3.8, 4) is 0 Å². The third kappa shape index (κ3) is 2.82. The molecule has 110 valence electrons. The Labute approximate surface area is 124 Å². The molecule has 5 heteroatoms. The fourth-order valence-electron chi connectivity index (χ4n) is 2.57. The number of anilines is 1. The molecular weight excluding hydrogens is 266 g/mol. The van der Waals surface area contributed by atoms with E-state index in [1.807, 2.05) is 38.1 Å². The van der Waals surface area contributed by atoms with E-state index in [0.29, 0.717) is 24.7 Å². The van der Waals surface area contributed by atoms with Gasteiger partial charge in [0.25, 0.3) is 0 Å². The van der Waals surface area contributed by atoms with Crippen LogP contribution in [-0.2, 0) is 6.54 Å². The first-order valence-corrected chi connectivity index (χ1v) is 7.35. The van der Waals surface area contributed by atoms with E-state index >= 15 is 0 Å². The summed E-state index contributed by atoms with van der Waals surface area (Å²) in [7, 11) is 0. The van der Waals surface area contributed by atoms with Gasteiger partial charge >= 0.3 is 0 Å². The maximum atomic E-state index is 12.1.